The van der Waals surface area contributed by atoms with Gasteiger partial charge in [-0.3, -0.25) is 4.79 Å². The van der Waals surface area contributed by atoms with Gasteiger partial charge in [0, 0.05) is 10.9 Å². The van der Waals surface area contributed by atoms with Gasteiger partial charge >= 0.3 is 0 Å². The molecule has 1 heterocycles. The monoisotopic (exact) mass is 195 g/mol. The molecular formula is C13H9NO. The van der Waals surface area contributed by atoms with E-state index in [0.717, 1.165) is 22.0 Å². The second kappa shape index (κ2) is 2.70. The first-order chi connectivity index (χ1) is 7.27. The number of ketones is 1. The fraction of sp³-hybridized carbons (Fsp3) is 0. The predicted octanol–water partition coefficient (Wildman–Crippen LogP) is 2.96. The molecule has 2 aromatic carbocycles. The highest BCUT2D eigenvalue weighted by molar-refractivity contribution is 6.22. The maximum absolute atomic E-state index is 11.7. The number of rotatable bonds is 0. The molecule has 1 aliphatic heterocycles. The van der Waals surface area contributed by atoms with Crippen molar-refractivity contribution in [2.24, 2.45) is 0 Å². The zero-order chi connectivity index (χ0) is 10.4. The van der Waals surface area contributed by atoms with E-state index in [1.54, 1.807) is 0 Å². The smallest absolute Gasteiger partial charge is 0.210 e. The van der Waals surface area contributed by atoms with Crippen molar-refractivity contribution in [3.63, 3.8) is 0 Å². The molecule has 0 unspecified atom stereocenters. The first-order valence-corrected chi connectivity index (χ1v) is 4.80. The van der Waals surface area contributed by atoms with Crippen molar-refractivity contribution in [1.29, 1.82) is 0 Å². The summed E-state index contributed by atoms with van der Waals surface area (Å²) in [6.07, 6.45) is 0. The van der Waals surface area contributed by atoms with Crippen LogP contribution in [0.15, 0.2) is 48.7 Å². The average molecular weight is 195 g/mol. The van der Waals surface area contributed by atoms with Gasteiger partial charge in [0.15, 0.2) is 0 Å². The zero-order valence-corrected chi connectivity index (χ0v) is 8.08. The summed E-state index contributed by atoms with van der Waals surface area (Å²) in [4.78, 5) is 11.7. The zero-order valence-electron chi connectivity index (χ0n) is 8.08. The Morgan fingerprint density at radius 2 is 1.87 bits per heavy atom. The summed E-state index contributed by atoms with van der Waals surface area (Å²) in [5.41, 5.74) is 2.07. The number of hydrogen-bond donors (Lipinski definition) is 1. The number of carbonyl (C=O) groups is 1. The number of nitrogens with one attached hydrogen (secondary N) is 1. The standard InChI is InChI=1S/C13H9NO/c1-8-13(15)11-7-6-9-4-2-3-5-10(9)12(11)14-8/h2-7,14H,1H2. The Bertz CT molecular complexity index is 599. The van der Waals surface area contributed by atoms with E-state index in [4.69, 9.17) is 0 Å². The molecule has 0 bridgehead atoms. The molecule has 0 radical (unpaired) electrons. The van der Waals surface area contributed by atoms with Gasteiger partial charge in [0.25, 0.3) is 0 Å². The molecule has 15 heavy (non-hydrogen) atoms. The molecule has 0 amide bonds. The van der Waals surface area contributed by atoms with E-state index in [1.807, 2.05) is 36.4 Å². The lowest BCUT2D eigenvalue weighted by molar-refractivity contribution is 0.104. The van der Waals surface area contributed by atoms with Gasteiger partial charge in [-0.1, -0.05) is 36.9 Å². The molecule has 0 saturated heterocycles. The van der Waals surface area contributed by atoms with Crippen molar-refractivity contribution in [1.82, 2.24) is 0 Å². The van der Waals surface area contributed by atoms with E-state index in [-0.39, 0.29) is 5.78 Å². The van der Waals surface area contributed by atoms with Crippen LogP contribution in [0.25, 0.3) is 10.8 Å². The summed E-state index contributed by atoms with van der Waals surface area (Å²) >= 11 is 0. The minimum absolute atomic E-state index is 0.00393. The molecule has 1 N–H and O–H groups in total. The second-order valence-corrected chi connectivity index (χ2v) is 3.64. The molecule has 0 aromatic heterocycles. The van der Waals surface area contributed by atoms with Gasteiger partial charge < -0.3 is 5.32 Å². The van der Waals surface area contributed by atoms with Crippen LogP contribution in [0.4, 0.5) is 5.69 Å². The highest BCUT2D eigenvalue weighted by atomic mass is 16.1. The van der Waals surface area contributed by atoms with Crippen LogP contribution in [-0.2, 0) is 0 Å². The molecular weight excluding hydrogens is 186 g/mol. The SMILES string of the molecule is C=C1Nc2c(ccc3ccccc23)C1=O. The van der Waals surface area contributed by atoms with Crippen molar-refractivity contribution in [3.8, 4) is 0 Å². The summed E-state index contributed by atoms with van der Waals surface area (Å²) in [6, 6.07) is 11.8. The number of carbonyl (C=O) groups excluding carboxylic acids is 1. The van der Waals surface area contributed by atoms with Crippen molar-refractivity contribution in [3.05, 3.63) is 54.2 Å². The van der Waals surface area contributed by atoms with E-state index in [0.29, 0.717) is 5.70 Å². The van der Waals surface area contributed by atoms with Crippen LogP contribution in [0.5, 0.6) is 0 Å². The fourth-order valence-electron chi connectivity index (χ4n) is 1.97. The van der Waals surface area contributed by atoms with E-state index >= 15 is 0 Å². The topological polar surface area (TPSA) is 29.1 Å². The first kappa shape index (κ1) is 8.24. The highest BCUT2D eigenvalue weighted by Gasteiger charge is 2.24. The Labute approximate surface area is 87.2 Å². The normalized spacial score (nSPS) is 14.1. The number of benzene rings is 2. The van der Waals surface area contributed by atoms with E-state index in [1.165, 1.54) is 0 Å². The third kappa shape index (κ3) is 1.02. The summed E-state index contributed by atoms with van der Waals surface area (Å²) in [7, 11) is 0. The highest BCUT2D eigenvalue weighted by Crippen LogP contribution is 2.34. The lowest BCUT2D eigenvalue weighted by Crippen LogP contribution is -1.96. The maximum Gasteiger partial charge on any atom is 0.210 e. The lowest BCUT2D eigenvalue weighted by Gasteiger charge is -2.03. The van der Waals surface area contributed by atoms with Crippen LogP contribution >= 0.6 is 0 Å². The summed E-state index contributed by atoms with van der Waals surface area (Å²) in [5, 5.41) is 5.25. The number of Topliss-reactive ketones (excluding diaryl/α,β-unsaturated/α-hetero) is 1. The minimum atomic E-state index is -0.00393. The molecule has 72 valence electrons. The van der Waals surface area contributed by atoms with Crippen LogP contribution < -0.4 is 5.32 Å². The number of anilines is 1. The molecule has 2 heteroatoms. The Morgan fingerprint density at radius 3 is 2.73 bits per heavy atom. The molecule has 2 nitrogen and oxygen atoms in total. The third-order valence-corrected chi connectivity index (χ3v) is 2.72. The van der Waals surface area contributed by atoms with Gasteiger partial charge in [0.1, 0.15) is 0 Å². The number of fused-ring (bicyclic) bond motifs is 3. The third-order valence-electron chi connectivity index (χ3n) is 2.72. The minimum Gasteiger partial charge on any atom is -0.352 e. The van der Waals surface area contributed by atoms with Crippen LogP contribution in [0.3, 0.4) is 0 Å². The molecule has 0 atom stereocenters. The molecule has 1 aliphatic rings. The molecule has 0 saturated carbocycles. The Balaban J connectivity index is 2.43. The molecule has 3 rings (SSSR count). The maximum atomic E-state index is 11.7. The first-order valence-electron chi connectivity index (χ1n) is 4.80. The van der Waals surface area contributed by atoms with Crippen LogP contribution in [0, 0.1) is 0 Å². The second-order valence-electron chi connectivity index (χ2n) is 3.64. The molecule has 0 spiro atoms. The van der Waals surface area contributed by atoms with Crippen LogP contribution in [0.2, 0.25) is 0 Å². The van der Waals surface area contributed by atoms with E-state index in [2.05, 4.69) is 11.9 Å². The van der Waals surface area contributed by atoms with Crippen LogP contribution in [-0.4, -0.2) is 5.78 Å². The van der Waals surface area contributed by atoms with Crippen molar-refractivity contribution in [2.45, 2.75) is 0 Å². The summed E-state index contributed by atoms with van der Waals surface area (Å²) in [6.45, 7) is 3.70. The van der Waals surface area contributed by atoms with Gasteiger partial charge in [-0.25, -0.2) is 0 Å². The van der Waals surface area contributed by atoms with E-state index < -0.39 is 0 Å². The van der Waals surface area contributed by atoms with Crippen LogP contribution in [0.1, 0.15) is 10.4 Å². The Kier molecular flexibility index (Phi) is 1.48. The van der Waals surface area contributed by atoms with Gasteiger partial charge in [0.05, 0.1) is 11.4 Å². The fourth-order valence-corrected chi connectivity index (χ4v) is 1.97. The van der Waals surface area contributed by atoms with Gasteiger partial charge in [-0.05, 0) is 11.5 Å². The van der Waals surface area contributed by atoms with Crippen molar-refractivity contribution >= 4 is 22.2 Å². The van der Waals surface area contributed by atoms with Crippen molar-refractivity contribution < 1.29 is 4.79 Å². The predicted molar refractivity (Wildman–Crippen MR) is 61.0 cm³/mol. The largest absolute Gasteiger partial charge is 0.352 e. The average Bonchev–Trinajstić information content (AvgIpc) is 2.56. The molecule has 0 aliphatic carbocycles. The summed E-state index contributed by atoms with van der Waals surface area (Å²) in [5.74, 6) is -0.00393. The van der Waals surface area contributed by atoms with Crippen molar-refractivity contribution in [2.75, 3.05) is 5.32 Å². The lowest BCUT2D eigenvalue weighted by atomic mass is 10.0. The Hall–Kier alpha value is -2.09. The van der Waals surface area contributed by atoms with Gasteiger partial charge in [-0.15, -0.1) is 0 Å². The number of allylic oxidation sites excluding steroid dienone is 1. The molecule has 2 aromatic rings. The number of hydrogen-bond acceptors (Lipinski definition) is 2. The quantitative estimate of drug-likeness (QED) is 0.655. The summed E-state index contributed by atoms with van der Waals surface area (Å²) < 4.78 is 0. The van der Waals surface area contributed by atoms with Gasteiger partial charge in [-0.2, -0.15) is 0 Å². The van der Waals surface area contributed by atoms with E-state index in [9.17, 15) is 4.79 Å². The van der Waals surface area contributed by atoms with Gasteiger partial charge in [0.2, 0.25) is 5.78 Å². The Morgan fingerprint density at radius 1 is 1.07 bits per heavy atom. The molecule has 0 fully saturated rings.